The first-order chi connectivity index (χ1) is 9.22. The van der Waals surface area contributed by atoms with Gasteiger partial charge in [0.15, 0.2) is 0 Å². The van der Waals surface area contributed by atoms with E-state index < -0.39 is 0 Å². The number of anilines is 1. The molecule has 0 fully saturated rings. The van der Waals surface area contributed by atoms with Crippen LogP contribution >= 0.6 is 23.4 Å². The molecular formula is C15H15ClFNS. The summed E-state index contributed by atoms with van der Waals surface area (Å²) in [5.41, 5.74) is 1.59. The summed E-state index contributed by atoms with van der Waals surface area (Å²) in [7, 11) is 0. The Kier molecular flexibility index (Phi) is 5.11. The van der Waals surface area contributed by atoms with Crippen molar-refractivity contribution < 1.29 is 4.39 Å². The van der Waals surface area contributed by atoms with E-state index in [1.165, 1.54) is 4.90 Å². The van der Waals surface area contributed by atoms with Crippen LogP contribution in [0.5, 0.6) is 0 Å². The van der Waals surface area contributed by atoms with E-state index in [-0.39, 0.29) is 10.8 Å². The molecule has 0 amide bonds. The average Bonchev–Trinajstić information content (AvgIpc) is 2.42. The van der Waals surface area contributed by atoms with Gasteiger partial charge in [0.1, 0.15) is 5.82 Å². The molecular weight excluding hydrogens is 281 g/mol. The van der Waals surface area contributed by atoms with Crippen LogP contribution < -0.4 is 5.32 Å². The van der Waals surface area contributed by atoms with Crippen molar-refractivity contribution in [3.63, 3.8) is 0 Å². The minimum absolute atomic E-state index is 0.163. The molecule has 0 atom stereocenters. The Labute approximate surface area is 122 Å². The van der Waals surface area contributed by atoms with Gasteiger partial charge in [-0.2, -0.15) is 0 Å². The summed E-state index contributed by atoms with van der Waals surface area (Å²) in [5.74, 6) is 0.654. The van der Waals surface area contributed by atoms with E-state index in [2.05, 4.69) is 18.3 Å². The molecule has 1 N–H and O–H groups in total. The summed E-state index contributed by atoms with van der Waals surface area (Å²) in [4.78, 5) is 1.17. The number of hydrogen-bond acceptors (Lipinski definition) is 2. The van der Waals surface area contributed by atoms with Gasteiger partial charge in [0, 0.05) is 22.7 Å². The van der Waals surface area contributed by atoms with Crippen LogP contribution in [0.25, 0.3) is 0 Å². The van der Waals surface area contributed by atoms with Gasteiger partial charge in [0.25, 0.3) is 0 Å². The van der Waals surface area contributed by atoms with E-state index in [1.807, 2.05) is 18.2 Å². The molecule has 19 heavy (non-hydrogen) atoms. The van der Waals surface area contributed by atoms with Crippen molar-refractivity contribution in [1.29, 1.82) is 0 Å². The van der Waals surface area contributed by atoms with Crippen LogP contribution in [0, 0.1) is 5.82 Å². The Morgan fingerprint density at radius 2 is 1.95 bits per heavy atom. The molecule has 4 heteroatoms. The maximum atomic E-state index is 13.8. The molecule has 0 aliphatic rings. The number of thioether (sulfide) groups is 1. The average molecular weight is 296 g/mol. The van der Waals surface area contributed by atoms with Gasteiger partial charge in [-0.25, -0.2) is 4.39 Å². The molecule has 0 radical (unpaired) electrons. The van der Waals surface area contributed by atoms with Crippen molar-refractivity contribution in [3.8, 4) is 0 Å². The third kappa shape index (κ3) is 3.64. The van der Waals surface area contributed by atoms with E-state index in [0.29, 0.717) is 12.1 Å². The van der Waals surface area contributed by atoms with Gasteiger partial charge < -0.3 is 5.32 Å². The lowest BCUT2D eigenvalue weighted by Crippen LogP contribution is -2.03. The lowest BCUT2D eigenvalue weighted by atomic mass is 10.2. The third-order valence-corrected chi connectivity index (χ3v) is 3.94. The van der Waals surface area contributed by atoms with E-state index in [9.17, 15) is 4.39 Å². The molecule has 1 nitrogen and oxygen atoms in total. The number of rotatable bonds is 5. The summed E-state index contributed by atoms with van der Waals surface area (Å²) in [6.07, 6.45) is 0. The lowest BCUT2D eigenvalue weighted by molar-refractivity contribution is 0.613. The van der Waals surface area contributed by atoms with Gasteiger partial charge in [-0.15, -0.1) is 11.8 Å². The molecule has 2 aromatic rings. The second-order valence-electron chi connectivity index (χ2n) is 4.00. The zero-order chi connectivity index (χ0) is 13.7. The smallest absolute Gasteiger partial charge is 0.146 e. The zero-order valence-corrected chi connectivity index (χ0v) is 12.2. The molecule has 0 unspecified atom stereocenters. The fourth-order valence-corrected chi connectivity index (χ4v) is 2.75. The van der Waals surface area contributed by atoms with Crippen molar-refractivity contribution in [3.05, 3.63) is 58.9 Å². The van der Waals surface area contributed by atoms with E-state index in [1.54, 1.807) is 30.0 Å². The third-order valence-electron chi connectivity index (χ3n) is 2.69. The van der Waals surface area contributed by atoms with Gasteiger partial charge in [0.2, 0.25) is 0 Å². The summed E-state index contributed by atoms with van der Waals surface area (Å²) in [5, 5.41) is 3.43. The van der Waals surface area contributed by atoms with Crippen LogP contribution in [-0.4, -0.2) is 5.75 Å². The van der Waals surface area contributed by atoms with Crippen molar-refractivity contribution in [2.45, 2.75) is 18.4 Å². The van der Waals surface area contributed by atoms with Gasteiger partial charge in [-0.3, -0.25) is 0 Å². The summed E-state index contributed by atoms with van der Waals surface area (Å²) >= 11 is 7.53. The minimum atomic E-state index is -0.350. The molecule has 0 aliphatic carbocycles. The molecule has 0 saturated heterocycles. The van der Waals surface area contributed by atoms with Crippen LogP contribution in [-0.2, 0) is 6.54 Å². The molecule has 0 heterocycles. The Bertz CT molecular complexity index is 560. The van der Waals surface area contributed by atoms with Crippen LogP contribution in [0.15, 0.2) is 47.4 Å². The van der Waals surface area contributed by atoms with Crippen LogP contribution in [0.1, 0.15) is 12.5 Å². The second-order valence-corrected chi connectivity index (χ2v) is 5.71. The summed E-state index contributed by atoms with van der Waals surface area (Å²) in [6, 6.07) is 13.1. The molecule has 0 aliphatic heterocycles. The number of nitrogens with one attached hydrogen (secondary N) is 1. The predicted octanol–water partition coefficient (Wildman–Crippen LogP) is 5.20. The van der Waals surface area contributed by atoms with Gasteiger partial charge in [0.05, 0.1) is 5.02 Å². The standard InChI is InChI=1S/C15H15ClFNS/c1-2-19-14-9-4-3-8-13(14)18-10-11-6-5-7-12(16)15(11)17/h3-9,18H,2,10H2,1H3. The van der Waals surface area contributed by atoms with Crippen molar-refractivity contribution in [2.24, 2.45) is 0 Å². The Morgan fingerprint density at radius 1 is 1.16 bits per heavy atom. The number of hydrogen-bond donors (Lipinski definition) is 1. The van der Waals surface area contributed by atoms with Crippen LogP contribution in [0.2, 0.25) is 5.02 Å². The quantitative estimate of drug-likeness (QED) is 0.761. The van der Waals surface area contributed by atoms with Crippen molar-refractivity contribution >= 4 is 29.1 Å². The second kappa shape index (κ2) is 6.83. The molecule has 100 valence electrons. The van der Waals surface area contributed by atoms with Gasteiger partial charge in [-0.05, 0) is 24.0 Å². The fraction of sp³-hybridized carbons (Fsp3) is 0.200. The highest BCUT2D eigenvalue weighted by atomic mass is 35.5. The minimum Gasteiger partial charge on any atom is -0.380 e. The Morgan fingerprint density at radius 3 is 2.74 bits per heavy atom. The normalized spacial score (nSPS) is 10.5. The SMILES string of the molecule is CCSc1ccccc1NCc1cccc(Cl)c1F. The fourth-order valence-electron chi connectivity index (χ4n) is 1.77. The summed E-state index contributed by atoms with van der Waals surface area (Å²) in [6.45, 7) is 2.53. The maximum Gasteiger partial charge on any atom is 0.146 e. The molecule has 0 spiro atoms. The molecule has 2 rings (SSSR count). The van der Waals surface area contributed by atoms with E-state index in [4.69, 9.17) is 11.6 Å². The Balaban J connectivity index is 2.12. The van der Waals surface area contributed by atoms with Gasteiger partial charge >= 0.3 is 0 Å². The first kappa shape index (κ1) is 14.2. The highest BCUT2D eigenvalue weighted by Crippen LogP contribution is 2.27. The van der Waals surface area contributed by atoms with E-state index in [0.717, 1.165) is 11.4 Å². The first-order valence-electron chi connectivity index (χ1n) is 6.11. The number of halogens is 2. The molecule has 2 aromatic carbocycles. The molecule has 0 saturated carbocycles. The first-order valence-corrected chi connectivity index (χ1v) is 7.47. The predicted molar refractivity (Wildman–Crippen MR) is 81.6 cm³/mol. The lowest BCUT2D eigenvalue weighted by Gasteiger charge is -2.12. The Hall–Kier alpha value is -1.19. The van der Waals surface area contributed by atoms with Crippen molar-refractivity contribution in [1.82, 2.24) is 0 Å². The monoisotopic (exact) mass is 295 g/mol. The summed E-state index contributed by atoms with van der Waals surface area (Å²) < 4.78 is 13.8. The largest absolute Gasteiger partial charge is 0.380 e. The van der Waals surface area contributed by atoms with Crippen molar-refractivity contribution in [2.75, 3.05) is 11.1 Å². The topological polar surface area (TPSA) is 12.0 Å². The zero-order valence-electron chi connectivity index (χ0n) is 10.6. The van der Waals surface area contributed by atoms with Crippen LogP contribution in [0.4, 0.5) is 10.1 Å². The number of benzene rings is 2. The maximum absolute atomic E-state index is 13.8. The number of para-hydroxylation sites is 1. The van der Waals surface area contributed by atoms with Crippen LogP contribution in [0.3, 0.4) is 0 Å². The van der Waals surface area contributed by atoms with E-state index >= 15 is 0 Å². The highest BCUT2D eigenvalue weighted by Gasteiger charge is 2.07. The molecule has 0 bridgehead atoms. The molecule has 0 aromatic heterocycles. The highest BCUT2D eigenvalue weighted by molar-refractivity contribution is 7.99. The van der Waals surface area contributed by atoms with Gasteiger partial charge in [-0.1, -0.05) is 42.8 Å².